The normalized spacial score (nSPS) is 12.8. The van der Waals surface area contributed by atoms with E-state index in [9.17, 15) is 9.90 Å². The third kappa shape index (κ3) is 3.48. The lowest BCUT2D eigenvalue weighted by molar-refractivity contribution is 0.162. The maximum absolute atomic E-state index is 12.8. The van der Waals surface area contributed by atoms with Crippen LogP contribution < -0.4 is 5.56 Å². The molecular weight excluding hydrogens is 278 g/mol. The molecule has 0 saturated heterocycles. The number of aliphatic hydroxyl groups excluding tert-OH is 1. The molecule has 2 rings (SSSR count). The SMILES string of the molecule is Cc1c(CN(C)CCC(C)O)c(=O)n(-c2ccccc2)n1C. The Balaban J connectivity index is 2.29. The largest absolute Gasteiger partial charge is 0.393 e. The number of benzene rings is 1. The Bertz CT molecular complexity index is 671. The Morgan fingerprint density at radius 3 is 2.50 bits per heavy atom. The number of aliphatic hydroxyl groups is 1. The number of hydrogen-bond acceptors (Lipinski definition) is 3. The van der Waals surface area contributed by atoms with Crippen LogP contribution in [0.25, 0.3) is 5.69 Å². The van der Waals surface area contributed by atoms with Gasteiger partial charge in [0.25, 0.3) is 5.56 Å². The maximum Gasteiger partial charge on any atom is 0.276 e. The van der Waals surface area contributed by atoms with E-state index < -0.39 is 0 Å². The average Bonchev–Trinajstić information content (AvgIpc) is 2.70. The standard InChI is InChI=1S/C17H25N3O2/c1-13(21)10-11-18(3)12-16-14(2)19(4)20(17(16)22)15-8-6-5-7-9-15/h5-9,13,21H,10-12H2,1-4H3. The molecule has 2 aromatic rings. The second-order valence-corrected chi connectivity index (χ2v) is 5.92. The number of nitrogens with zero attached hydrogens (tertiary/aromatic N) is 3. The summed E-state index contributed by atoms with van der Waals surface area (Å²) in [6, 6.07) is 9.66. The predicted octanol–water partition coefficient (Wildman–Crippen LogP) is 1.69. The second kappa shape index (κ2) is 6.94. The summed E-state index contributed by atoms with van der Waals surface area (Å²) in [7, 11) is 3.88. The number of rotatable bonds is 6. The van der Waals surface area contributed by atoms with Crippen LogP contribution in [0.5, 0.6) is 0 Å². The van der Waals surface area contributed by atoms with Gasteiger partial charge in [0.2, 0.25) is 0 Å². The third-order valence-corrected chi connectivity index (χ3v) is 4.03. The number of aromatic nitrogens is 2. The van der Waals surface area contributed by atoms with Gasteiger partial charge in [-0.1, -0.05) is 18.2 Å². The highest BCUT2D eigenvalue weighted by molar-refractivity contribution is 5.33. The molecule has 5 nitrogen and oxygen atoms in total. The molecular formula is C17H25N3O2. The zero-order chi connectivity index (χ0) is 16.3. The number of para-hydroxylation sites is 1. The van der Waals surface area contributed by atoms with Crippen molar-refractivity contribution in [3.05, 3.63) is 51.9 Å². The zero-order valence-electron chi connectivity index (χ0n) is 13.8. The second-order valence-electron chi connectivity index (χ2n) is 5.92. The molecule has 1 N–H and O–H groups in total. The lowest BCUT2D eigenvalue weighted by atomic mass is 10.2. The molecule has 0 saturated carbocycles. The lowest BCUT2D eigenvalue weighted by Crippen LogP contribution is -2.26. The van der Waals surface area contributed by atoms with E-state index in [0.717, 1.165) is 23.5 Å². The maximum atomic E-state index is 12.8. The molecule has 1 aromatic carbocycles. The van der Waals surface area contributed by atoms with Crippen LogP contribution in [0.3, 0.4) is 0 Å². The fraction of sp³-hybridized carbons (Fsp3) is 0.471. The molecule has 0 aliphatic heterocycles. The van der Waals surface area contributed by atoms with Gasteiger partial charge in [-0.25, -0.2) is 4.68 Å². The first kappa shape index (κ1) is 16.5. The van der Waals surface area contributed by atoms with E-state index in [-0.39, 0.29) is 11.7 Å². The predicted molar refractivity (Wildman–Crippen MR) is 88.4 cm³/mol. The van der Waals surface area contributed by atoms with Crippen molar-refractivity contribution < 1.29 is 5.11 Å². The summed E-state index contributed by atoms with van der Waals surface area (Å²) in [4.78, 5) is 14.8. The highest BCUT2D eigenvalue weighted by Gasteiger charge is 2.17. The summed E-state index contributed by atoms with van der Waals surface area (Å²) in [5.41, 5.74) is 2.67. The fourth-order valence-electron chi connectivity index (χ4n) is 2.56. The summed E-state index contributed by atoms with van der Waals surface area (Å²) >= 11 is 0. The lowest BCUT2D eigenvalue weighted by Gasteiger charge is -2.16. The molecule has 120 valence electrons. The molecule has 0 aliphatic rings. The Morgan fingerprint density at radius 2 is 1.91 bits per heavy atom. The van der Waals surface area contributed by atoms with Gasteiger partial charge in [-0.3, -0.25) is 9.48 Å². The van der Waals surface area contributed by atoms with Crippen LogP contribution in [0.2, 0.25) is 0 Å². The zero-order valence-corrected chi connectivity index (χ0v) is 13.8. The highest BCUT2D eigenvalue weighted by Crippen LogP contribution is 2.11. The van der Waals surface area contributed by atoms with Crippen molar-refractivity contribution in [2.45, 2.75) is 32.9 Å². The molecule has 1 unspecified atom stereocenters. The van der Waals surface area contributed by atoms with Crippen molar-refractivity contribution in [1.82, 2.24) is 14.3 Å². The fourth-order valence-corrected chi connectivity index (χ4v) is 2.56. The van der Waals surface area contributed by atoms with Crippen molar-refractivity contribution in [3.63, 3.8) is 0 Å². The van der Waals surface area contributed by atoms with E-state index in [1.54, 1.807) is 11.6 Å². The molecule has 5 heteroatoms. The van der Waals surface area contributed by atoms with Gasteiger partial charge in [0.05, 0.1) is 17.4 Å². The first-order chi connectivity index (χ1) is 10.4. The summed E-state index contributed by atoms with van der Waals surface area (Å²) in [5, 5.41) is 9.38. The van der Waals surface area contributed by atoms with Crippen LogP contribution in [0, 0.1) is 6.92 Å². The van der Waals surface area contributed by atoms with E-state index in [1.807, 2.05) is 56.0 Å². The molecule has 0 fully saturated rings. The Hall–Kier alpha value is -1.85. The first-order valence-corrected chi connectivity index (χ1v) is 7.61. The van der Waals surface area contributed by atoms with Gasteiger partial charge in [0.15, 0.2) is 0 Å². The van der Waals surface area contributed by atoms with Crippen molar-refractivity contribution in [3.8, 4) is 5.69 Å². The number of hydrogen-bond donors (Lipinski definition) is 1. The van der Waals surface area contributed by atoms with Crippen molar-refractivity contribution in [1.29, 1.82) is 0 Å². The van der Waals surface area contributed by atoms with Crippen LogP contribution in [-0.4, -0.2) is 39.1 Å². The minimum Gasteiger partial charge on any atom is -0.393 e. The van der Waals surface area contributed by atoms with Crippen molar-refractivity contribution >= 4 is 0 Å². The van der Waals surface area contributed by atoms with Crippen LogP contribution >= 0.6 is 0 Å². The summed E-state index contributed by atoms with van der Waals surface area (Å²) in [6.45, 7) is 5.10. The summed E-state index contributed by atoms with van der Waals surface area (Å²) in [5.74, 6) is 0. The molecule has 0 spiro atoms. The molecule has 1 heterocycles. The molecule has 22 heavy (non-hydrogen) atoms. The van der Waals surface area contributed by atoms with Crippen molar-refractivity contribution in [2.24, 2.45) is 7.05 Å². The van der Waals surface area contributed by atoms with E-state index in [2.05, 4.69) is 4.90 Å². The van der Waals surface area contributed by atoms with Gasteiger partial charge in [-0.2, -0.15) is 0 Å². The minimum absolute atomic E-state index is 0.0232. The molecule has 0 aliphatic carbocycles. The Morgan fingerprint density at radius 1 is 1.27 bits per heavy atom. The van der Waals surface area contributed by atoms with E-state index in [4.69, 9.17) is 0 Å². The highest BCUT2D eigenvalue weighted by atomic mass is 16.3. The van der Waals surface area contributed by atoms with Gasteiger partial charge in [-0.15, -0.1) is 0 Å². The Labute approximate surface area is 131 Å². The van der Waals surface area contributed by atoms with E-state index in [0.29, 0.717) is 13.0 Å². The monoisotopic (exact) mass is 303 g/mol. The van der Waals surface area contributed by atoms with Crippen LogP contribution in [0.15, 0.2) is 35.1 Å². The van der Waals surface area contributed by atoms with E-state index >= 15 is 0 Å². The van der Waals surface area contributed by atoms with Gasteiger partial charge in [0, 0.05) is 25.8 Å². The topological polar surface area (TPSA) is 50.4 Å². The first-order valence-electron chi connectivity index (χ1n) is 7.61. The molecule has 1 atom stereocenters. The summed E-state index contributed by atoms with van der Waals surface area (Å²) < 4.78 is 3.60. The molecule has 1 aromatic heterocycles. The molecule has 0 amide bonds. The third-order valence-electron chi connectivity index (χ3n) is 4.03. The minimum atomic E-state index is -0.319. The van der Waals surface area contributed by atoms with E-state index in [1.165, 1.54) is 0 Å². The van der Waals surface area contributed by atoms with Gasteiger partial charge < -0.3 is 10.0 Å². The van der Waals surface area contributed by atoms with Crippen LogP contribution in [0.4, 0.5) is 0 Å². The van der Waals surface area contributed by atoms with Gasteiger partial charge in [-0.05, 0) is 39.4 Å². The molecule has 0 bridgehead atoms. The summed E-state index contributed by atoms with van der Waals surface area (Å²) in [6.07, 6.45) is 0.384. The quantitative estimate of drug-likeness (QED) is 0.883. The Kier molecular flexibility index (Phi) is 5.21. The van der Waals surface area contributed by atoms with Gasteiger partial charge >= 0.3 is 0 Å². The molecule has 0 radical (unpaired) electrons. The average molecular weight is 303 g/mol. The smallest absolute Gasteiger partial charge is 0.276 e. The van der Waals surface area contributed by atoms with Crippen LogP contribution in [0.1, 0.15) is 24.6 Å². The van der Waals surface area contributed by atoms with Crippen LogP contribution in [-0.2, 0) is 13.6 Å². The van der Waals surface area contributed by atoms with Crippen molar-refractivity contribution in [2.75, 3.05) is 13.6 Å². The van der Waals surface area contributed by atoms with Gasteiger partial charge in [0.1, 0.15) is 0 Å².